The number of hydrogen-bond acceptors (Lipinski definition) is 12. The molecular formula is C29H49N3O9S. The third-order valence-corrected chi connectivity index (χ3v) is 9.27. The molecule has 0 bridgehead atoms. The van der Waals surface area contributed by atoms with Crippen molar-refractivity contribution < 1.29 is 43.1 Å². The van der Waals surface area contributed by atoms with E-state index < -0.39 is 67.4 Å². The number of thiocarbonyl (C=S) groups is 1. The minimum absolute atomic E-state index is 0.0842. The normalized spacial score (nSPS) is 44.1. The molecule has 0 saturated carbocycles. The van der Waals surface area contributed by atoms with E-state index in [4.69, 9.17) is 46.4 Å². The Morgan fingerprint density at radius 3 is 2.10 bits per heavy atom. The van der Waals surface area contributed by atoms with Crippen molar-refractivity contribution in [2.75, 3.05) is 6.61 Å². The van der Waals surface area contributed by atoms with Gasteiger partial charge in [-0.1, -0.05) is 41.5 Å². The van der Waals surface area contributed by atoms with Crippen LogP contribution in [0.15, 0.2) is 4.99 Å². The van der Waals surface area contributed by atoms with Gasteiger partial charge in [0.25, 0.3) is 0 Å². The SMILES string of the molecule is CCC1O[C@@H](O[C@H]2C(CC)O[C@@H](O[C@H]3C(COC(C)=O)O[C@@H](N=C=S)C(N)[C@H]3O)C(NC(C)=O)[C@H]2C)C(C)[C@@H](C)[C@H]1C. The molecule has 0 aliphatic carbocycles. The maximum absolute atomic E-state index is 12.4. The summed E-state index contributed by atoms with van der Waals surface area (Å²) in [4.78, 5) is 27.8. The van der Waals surface area contributed by atoms with E-state index in [0.717, 1.165) is 6.42 Å². The lowest BCUT2D eigenvalue weighted by Gasteiger charge is -2.51. The first-order chi connectivity index (χ1) is 19.8. The molecule has 4 N–H and O–H groups in total. The van der Waals surface area contributed by atoms with E-state index in [2.05, 4.69) is 43.2 Å². The lowest BCUT2D eigenvalue weighted by atomic mass is 9.78. The number of rotatable bonds is 10. The number of carbonyl (C=O) groups is 2. The summed E-state index contributed by atoms with van der Waals surface area (Å²) in [6, 6.07) is -1.65. The molecule has 3 rings (SSSR count). The Kier molecular flexibility index (Phi) is 12.9. The lowest BCUT2D eigenvalue weighted by molar-refractivity contribution is -0.334. The van der Waals surface area contributed by atoms with Crippen molar-refractivity contribution in [2.24, 2.45) is 34.4 Å². The second-order valence-electron chi connectivity index (χ2n) is 11.9. The van der Waals surface area contributed by atoms with Gasteiger partial charge in [-0.2, -0.15) is 4.99 Å². The molecule has 3 fully saturated rings. The van der Waals surface area contributed by atoms with E-state index in [0.29, 0.717) is 18.3 Å². The van der Waals surface area contributed by atoms with E-state index in [9.17, 15) is 14.7 Å². The third-order valence-electron chi connectivity index (χ3n) is 9.17. The highest BCUT2D eigenvalue weighted by atomic mass is 32.1. The van der Waals surface area contributed by atoms with Gasteiger partial charge in [0.05, 0.1) is 35.6 Å². The van der Waals surface area contributed by atoms with Crippen LogP contribution in [0.2, 0.25) is 0 Å². The number of nitrogens with two attached hydrogens (primary N) is 1. The molecule has 1 amide bonds. The number of nitrogens with one attached hydrogen (secondary N) is 1. The van der Waals surface area contributed by atoms with Crippen molar-refractivity contribution in [1.29, 1.82) is 0 Å². The second-order valence-corrected chi connectivity index (χ2v) is 12.1. The highest BCUT2D eigenvalue weighted by molar-refractivity contribution is 7.78. The summed E-state index contributed by atoms with van der Waals surface area (Å²) in [5.74, 6) is -0.124. The van der Waals surface area contributed by atoms with Crippen molar-refractivity contribution in [3.8, 4) is 0 Å². The van der Waals surface area contributed by atoms with Crippen LogP contribution in [-0.2, 0) is 38.0 Å². The highest BCUT2D eigenvalue weighted by Crippen LogP contribution is 2.40. The fourth-order valence-electron chi connectivity index (χ4n) is 6.26. The topological polar surface area (TPSA) is 160 Å². The van der Waals surface area contributed by atoms with Crippen LogP contribution in [0.3, 0.4) is 0 Å². The van der Waals surface area contributed by atoms with E-state index in [1.54, 1.807) is 0 Å². The van der Waals surface area contributed by atoms with Gasteiger partial charge in [-0.3, -0.25) is 9.59 Å². The summed E-state index contributed by atoms with van der Waals surface area (Å²) >= 11 is 4.70. The number of amides is 1. The van der Waals surface area contributed by atoms with Crippen molar-refractivity contribution in [3.05, 3.63) is 0 Å². The smallest absolute Gasteiger partial charge is 0.302 e. The minimum Gasteiger partial charge on any atom is -0.463 e. The number of hydrogen-bond donors (Lipinski definition) is 3. The maximum atomic E-state index is 12.4. The van der Waals surface area contributed by atoms with E-state index >= 15 is 0 Å². The average Bonchev–Trinajstić information content (AvgIpc) is 2.94. The predicted octanol–water partition coefficient (Wildman–Crippen LogP) is 2.15. The molecule has 6 unspecified atom stereocenters. The molecule has 3 aliphatic heterocycles. The van der Waals surface area contributed by atoms with Crippen molar-refractivity contribution in [2.45, 2.75) is 136 Å². The maximum Gasteiger partial charge on any atom is 0.302 e. The van der Waals surface area contributed by atoms with Crippen molar-refractivity contribution in [1.82, 2.24) is 5.32 Å². The van der Waals surface area contributed by atoms with Gasteiger partial charge in [-0.25, -0.2) is 0 Å². The largest absolute Gasteiger partial charge is 0.463 e. The summed E-state index contributed by atoms with van der Waals surface area (Å²) in [7, 11) is 0. The van der Waals surface area contributed by atoms with Crippen LogP contribution in [0.1, 0.15) is 68.2 Å². The molecule has 42 heavy (non-hydrogen) atoms. The molecule has 0 radical (unpaired) electrons. The van der Waals surface area contributed by atoms with Crippen LogP contribution < -0.4 is 11.1 Å². The van der Waals surface area contributed by atoms with Gasteiger partial charge < -0.3 is 44.6 Å². The first-order valence-corrected chi connectivity index (χ1v) is 15.4. The first-order valence-electron chi connectivity index (χ1n) is 15.0. The standard InChI is InChI=1S/C29H49N3O9S/c1-9-19-14(4)13(3)15(5)28(38-19)40-25-16(6)23(32-17(7)33)29(39-20(25)10-2)41-26-21(11-36-18(8)34)37-27(31-12-42)22(30)24(26)35/h13-16,19-29,35H,9-11,30H2,1-8H3,(H,32,33)/t13-,14+,15?,16+,19?,20?,21?,22?,23?,24+,25+,26-,27+,28-,29-/m0/s1. The second kappa shape index (κ2) is 15.5. The zero-order valence-electron chi connectivity index (χ0n) is 25.9. The van der Waals surface area contributed by atoms with Gasteiger partial charge in [0.2, 0.25) is 5.91 Å². The Labute approximate surface area is 254 Å². The number of ether oxygens (including phenoxy) is 6. The van der Waals surface area contributed by atoms with Crippen LogP contribution in [0.4, 0.5) is 0 Å². The summed E-state index contributed by atoms with van der Waals surface area (Å²) in [5, 5.41) is 16.4. The van der Waals surface area contributed by atoms with E-state index in [1.165, 1.54) is 13.8 Å². The Morgan fingerprint density at radius 1 is 0.905 bits per heavy atom. The summed E-state index contributed by atoms with van der Waals surface area (Å²) < 4.78 is 37.1. The van der Waals surface area contributed by atoms with Gasteiger partial charge in [0.15, 0.2) is 18.8 Å². The van der Waals surface area contributed by atoms with Crippen LogP contribution in [0.25, 0.3) is 0 Å². The molecule has 15 atom stereocenters. The first kappa shape index (κ1) is 34.9. The van der Waals surface area contributed by atoms with Crippen LogP contribution >= 0.6 is 12.2 Å². The Hall–Kier alpha value is -1.54. The number of carbonyl (C=O) groups excluding carboxylic acids is 2. The zero-order valence-corrected chi connectivity index (χ0v) is 26.7. The van der Waals surface area contributed by atoms with Crippen LogP contribution in [0.5, 0.6) is 0 Å². The predicted molar refractivity (Wildman–Crippen MR) is 156 cm³/mol. The molecule has 12 nitrogen and oxygen atoms in total. The summed E-state index contributed by atoms with van der Waals surface area (Å²) in [6.07, 6.45) is -5.00. The number of aliphatic imine (C=N–C) groups is 1. The molecule has 0 aromatic heterocycles. The number of esters is 1. The van der Waals surface area contributed by atoms with Gasteiger partial charge in [0.1, 0.15) is 24.9 Å². The van der Waals surface area contributed by atoms with Gasteiger partial charge in [-0.05, 0) is 36.9 Å². The molecule has 0 spiro atoms. The molecule has 240 valence electrons. The number of nitrogens with zero attached hydrogens (tertiary/aromatic N) is 1. The van der Waals surface area contributed by atoms with Crippen LogP contribution in [0, 0.1) is 23.7 Å². The van der Waals surface area contributed by atoms with Gasteiger partial charge in [-0.15, -0.1) is 0 Å². The fraction of sp³-hybridized carbons (Fsp3) is 0.897. The Morgan fingerprint density at radius 2 is 1.52 bits per heavy atom. The molecule has 13 heteroatoms. The molecule has 3 aliphatic rings. The molecule has 3 saturated heterocycles. The van der Waals surface area contributed by atoms with Crippen molar-refractivity contribution in [3.63, 3.8) is 0 Å². The highest BCUT2D eigenvalue weighted by Gasteiger charge is 2.52. The van der Waals surface area contributed by atoms with Crippen molar-refractivity contribution >= 4 is 29.3 Å². The Balaban J connectivity index is 1.87. The van der Waals surface area contributed by atoms with E-state index in [1.807, 2.05) is 13.8 Å². The quantitative estimate of drug-likeness (QED) is 0.188. The zero-order chi connectivity index (χ0) is 31.3. The number of isothiocyanates is 1. The Bertz CT molecular complexity index is 967. The molecule has 0 aromatic carbocycles. The average molecular weight is 616 g/mol. The molecule has 0 aromatic rings. The van der Waals surface area contributed by atoms with Crippen LogP contribution in [-0.4, -0.2) is 96.3 Å². The number of aliphatic hydroxyl groups is 1. The van der Waals surface area contributed by atoms with Gasteiger partial charge >= 0.3 is 5.97 Å². The van der Waals surface area contributed by atoms with E-state index in [-0.39, 0.29) is 30.5 Å². The lowest BCUT2D eigenvalue weighted by Crippen LogP contribution is -2.66. The number of aliphatic hydroxyl groups excluding tert-OH is 1. The van der Waals surface area contributed by atoms with Gasteiger partial charge in [0, 0.05) is 25.7 Å². The summed E-state index contributed by atoms with van der Waals surface area (Å²) in [6.45, 7) is 15.1. The fourth-order valence-corrected chi connectivity index (χ4v) is 6.36. The minimum atomic E-state index is -1.28. The summed E-state index contributed by atoms with van der Waals surface area (Å²) in [5.41, 5.74) is 6.21. The molecule has 3 heterocycles. The molecular weight excluding hydrogens is 566 g/mol. The third kappa shape index (κ3) is 7.94. The monoisotopic (exact) mass is 615 g/mol.